The van der Waals surface area contributed by atoms with Crippen LogP contribution in [0.15, 0.2) is 24.3 Å². The molecule has 0 aliphatic carbocycles. The maximum atomic E-state index is 11.7. The number of nitrogens with one attached hydrogen (secondary N) is 2. The fourth-order valence-corrected chi connectivity index (χ4v) is 2.05. The first-order valence-electron chi connectivity index (χ1n) is 7.46. The van der Waals surface area contributed by atoms with Gasteiger partial charge < -0.3 is 15.7 Å². The van der Waals surface area contributed by atoms with E-state index < -0.39 is 0 Å². The summed E-state index contributed by atoms with van der Waals surface area (Å²) in [4.78, 5) is 11.7. The van der Waals surface area contributed by atoms with Gasteiger partial charge in [-0.25, -0.2) is 0 Å². The van der Waals surface area contributed by atoms with Crippen molar-refractivity contribution in [3.63, 3.8) is 0 Å². The number of amides is 1. The molecule has 1 unspecified atom stereocenters. The minimum absolute atomic E-state index is 0.0407. The second-order valence-electron chi connectivity index (χ2n) is 4.95. The van der Waals surface area contributed by atoms with Crippen LogP contribution in [-0.4, -0.2) is 30.2 Å². The molecule has 0 saturated heterocycles. The van der Waals surface area contributed by atoms with E-state index in [1.165, 1.54) is 19.3 Å². The summed E-state index contributed by atoms with van der Waals surface area (Å²) < 4.78 is 0. The highest BCUT2D eigenvalue weighted by Gasteiger charge is 2.07. The number of hydrogen-bond donors (Lipinski definition) is 3. The molecule has 20 heavy (non-hydrogen) atoms. The fraction of sp³-hybridized carbons (Fsp3) is 0.562. The van der Waals surface area contributed by atoms with Gasteiger partial charge in [0.05, 0.1) is 6.61 Å². The van der Waals surface area contributed by atoms with Crippen molar-refractivity contribution in [2.24, 2.45) is 0 Å². The van der Waals surface area contributed by atoms with Gasteiger partial charge in [-0.05, 0) is 37.1 Å². The van der Waals surface area contributed by atoms with Crippen molar-refractivity contribution in [1.82, 2.24) is 5.32 Å². The first-order chi connectivity index (χ1) is 9.71. The Labute approximate surface area is 121 Å². The third kappa shape index (κ3) is 5.61. The lowest BCUT2D eigenvalue weighted by Crippen LogP contribution is -2.26. The Morgan fingerprint density at radius 3 is 2.50 bits per heavy atom. The molecule has 1 amide bonds. The minimum atomic E-state index is -0.149. The summed E-state index contributed by atoms with van der Waals surface area (Å²) in [6.45, 7) is 4.63. The third-order valence-corrected chi connectivity index (χ3v) is 3.31. The van der Waals surface area contributed by atoms with Gasteiger partial charge in [0.2, 0.25) is 0 Å². The predicted molar refractivity (Wildman–Crippen MR) is 83.1 cm³/mol. The number of carbonyl (C=O) groups excluding carboxylic acids is 1. The van der Waals surface area contributed by atoms with E-state index >= 15 is 0 Å². The second-order valence-corrected chi connectivity index (χ2v) is 4.95. The number of rotatable bonds is 9. The molecule has 4 heteroatoms. The van der Waals surface area contributed by atoms with Crippen LogP contribution in [0.3, 0.4) is 0 Å². The minimum Gasteiger partial charge on any atom is -0.395 e. The maximum Gasteiger partial charge on any atom is 0.251 e. The van der Waals surface area contributed by atoms with E-state index in [-0.39, 0.29) is 19.1 Å². The number of carbonyl (C=O) groups is 1. The molecule has 4 nitrogen and oxygen atoms in total. The Morgan fingerprint density at radius 1 is 1.25 bits per heavy atom. The standard InChI is InChI=1S/C16H26N2O2/c1-3-5-6-14(4-2)18-15-9-7-13(8-10-15)16(20)17-11-12-19/h7-10,14,18-19H,3-6,11-12H2,1-2H3,(H,17,20). The lowest BCUT2D eigenvalue weighted by molar-refractivity contribution is 0.0945. The number of hydrogen-bond acceptors (Lipinski definition) is 3. The Hall–Kier alpha value is -1.55. The van der Waals surface area contributed by atoms with Crippen molar-refractivity contribution < 1.29 is 9.90 Å². The number of aliphatic hydroxyl groups excluding tert-OH is 1. The van der Waals surface area contributed by atoms with Crippen LogP contribution in [0, 0.1) is 0 Å². The van der Waals surface area contributed by atoms with Gasteiger partial charge in [-0.2, -0.15) is 0 Å². The number of aliphatic hydroxyl groups is 1. The Bertz CT molecular complexity index is 390. The van der Waals surface area contributed by atoms with Crippen molar-refractivity contribution in [2.45, 2.75) is 45.6 Å². The zero-order valence-corrected chi connectivity index (χ0v) is 12.5. The smallest absolute Gasteiger partial charge is 0.251 e. The molecule has 0 aromatic heterocycles. The van der Waals surface area contributed by atoms with Gasteiger partial charge in [0.1, 0.15) is 0 Å². The summed E-state index contributed by atoms with van der Waals surface area (Å²) in [5.74, 6) is -0.149. The number of unbranched alkanes of at least 4 members (excludes halogenated alkanes) is 1. The van der Waals surface area contributed by atoms with Crippen LogP contribution in [-0.2, 0) is 0 Å². The molecule has 0 aliphatic heterocycles. The highest BCUT2D eigenvalue weighted by Crippen LogP contribution is 2.15. The van der Waals surface area contributed by atoms with E-state index in [0.29, 0.717) is 11.6 Å². The SMILES string of the molecule is CCCCC(CC)Nc1ccc(C(=O)NCCO)cc1. The van der Waals surface area contributed by atoms with Crippen molar-refractivity contribution in [3.8, 4) is 0 Å². The molecule has 0 bridgehead atoms. The summed E-state index contributed by atoms with van der Waals surface area (Å²) in [6, 6.07) is 7.97. The summed E-state index contributed by atoms with van der Waals surface area (Å²) in [7, 11) is 0. The molecule has 3 N–H and O–H groups in total. The van der Waals surface area contributed by atoms with E-state index in [1.807, 2.05) is 24.3 Å². The molecule has 0 radical (unpaired) electrons. The van der Waals surface area contributed by atoms with Gasteiger partial charge in [0.15, 0.2) is 0 Å². The van der Waals surface area contributed by atoms with E-state index in [4.69, 9.17) is 5.11 Å². The summed E-state index contributed by atoms with van der Waals surface area (Å²) >= 11 is 0. The Balaban J connectivity index is 2.54. The van der Waals surface area contributed by atoms with E-state index in [1.54, 1.807) is 0 Å². The highest BCUT2D eigenvalue weighted by molar-refractivity contribution is 5.94. The molecule has 1 atom stereocenters. The molecule has 0 aliphatic rings. The quantitative estimate of drug-likeness (QED) is 0.651. The first kappa shape index (κ1) is 16.5. The zero-order chi connectivity index (χ0) is 14.8. The Morgan fingerprint density at radius 2 is 1.95 bits per heavy atom. The van der Waals surface area contributed by atoms with Gasteiger partial charge >= 0.3 is 0 Å². The maximum absolute atomic E-state index is 11.7. The van der Waals surface area contributed by atoms with Crippen LogP contribution < -0.4 is 10.6 Å². The lowest BCUT2D eigenvalue weighted by atomic mass is 10.1. The molecule has 0 fully saturated rings. The van der Waals surface area contributed by atoms with Crippen LogP contribution in [0.25, 0.3) is 0 Å². The molecule has 0 spiro atoms. The molecule has 1 aromatic carbocycles. The van der Waals surface area contributed by atoms with Gasteiger partial charge in [0.25, 0.3) is 5.91 Å². The van der Waals surface area contributed by atoms with E-state index in [9.17, 15) is 4.79 Å². The van der Waals surface area contributed by atoms with Crippen LogP contribution in [0.2, 0.25) is 0 Å². The molecular formula is C16H26N2O2. The lowest BCUT2D eigenvalue weighted by Gasteiger charge is -2.18. The first-order valence-corrected chi connectivity index (χ1v) is 7.46. The topological polar surface area (TPSA) is 61.4 Å². The second kappa shape index (κ2) is 9.37. The average Bonchev–Trinajstić information content (AvgIpc) is 2.49. The Kier molecular flexibility index (Phi) is 7.73. The van der Waals surface area contributed by atoms with Crippen molar-refractivity contribution >= 4 is 11.6 Å². The van der Waals surface area contributed by atoms with Crippen LogP contribution in [0.5, 0.6) is 0 Å². The molecule has 0 saturated carbocycles. The number of anilines is 1. The molecular weight excluding hydrogens is 252 g/mol. The molecule has 1 rings (SSSR count). The molecule has 112 valence electrons. The summed E-state index contributed by atoms with van der Waals surface area (Å²) in [5, 5.41) is 14.8. The number of benzene rings is 1. The van der Waals surface area contributed by atoms with Crippen LogP contribution in [0.4, 0.5) is 5.69 Å². The fourth-order valence-electron chi connectivity index (χ4n) is 2.05. The van der Waals surface area contributed by atoms with Gasteiger partial charge in [-0.1, -0.05) is 26.7 Å². The monoisotopic (exact) mass is 278 g/mol. The van der Waals surface area contributed by atoms with Crippen molar-refractivity contribution in [3.05, 3.63) is 29.8 Å². The predicted octanol–water partition coefficient (Wildman–Crippen LogP) is 2.79. The van der Waals surface area contributed by atoms with E-state index in [0.717, 1.165) is 12.1 Å². The van der Waals surface area contributed by atoms with Crippen molar-refractivity contribution in [1.29, 1.82) is 0 Å². The summed E-state index contributed by atoms with van der Waals surface area (Å²) in [6.07, 6.45) is 4.71. The van der Waals surface area contributed by atoms with Gasteiger partial charge in [0, 0.05) is 23.8 Å². The molecule has 1 aromatic rings. The molecule has 0 heterocycles. The zero-order valence-electron chi connectivity index (χ0n) is 12.5. The van der Waals surface area contributed by atoms with Crippen molar-refractivity contribution in [2.75, 3.05) is 18.5 Å². The van der Waals surface area contributed by atoms with Crippen LogP contribution >= 0.6 is 0 Å². The van der Waals surface area contributed by atoms with Gasteiger partial charge in [-0.3, -0.25) is 4.79 Å². The highest BCUT2D eigenvalue weighted by atomic mass is 16.3. The van der Waals surface area contributed by atoms with Gasteiger partial charge in [-0.15, -0.1) is 0 Å². The third-order valence-electron chi connectivity index (χ3n) is 3.31. The average molecular weight is 278 g/mol. The summed E-state index contributed by atoms with van der Waals surface area (Å²) in [5.41, 5.74) is 1.66. The normalized spacial score (nSPS) is 11.9. The van der Waals surface area contributed by atoms with E-state index in [2.05, 4.69) is 24.5 Å². The largest absolute Gasteiger partial charge is 0.395 e. The van der Waals surface area contributed by atoms with Crippen LogP contribution in [0.1, 0.15) is 49.9 Å².